The average Bonchev–Trinajstić information content (AvgIpc) is 2.38. The van der Waals surface area contributed by atoms with Crippen LogP contribution in [0.5, 0.6) is 0 Å². The summed E-state index contributed by atoms with van der Waals surface area (Å²) >= 11 is 1.62. The lowest BCUT2D eigenvalue weighted by molar-refractivity contribution is -0.144. The topological polar surface area (TPSA) is 66.4 Å². The highest BCUT2D eigenvalue weighted by Crippen LogP contribution is 2.28. The normalized spacial score (nSPS) is 23.1. The molecule has 0 aromatic heterocycles. The summed E-state index contributed by atoms with van der Waals surface area (Å²) in [6.45, 7) is 0.629. The highest BCUT2D eigenvalue weighted by Gasteiger charge is 2.29. The van der Waals surface area contributed by atoms with Gasteiger partial charge < -0.3 is 10.4 Å². The predicted molar refractivity (Wildman–Crippen MR) is 72.3 cm³/mol. The summed E-state index contributed by atoms with van der Waals surface area (Å²) in [5.74, 6) is 3.06. The molecule has 1 fully saturated rings. The number of hydrogen-bond acceptors (Lipinski definition) is 3. The molecule has 1 aliphatic carbocycles. The summed E-state index contributed by atoms with van der Waals surface area (Å²) in [5.41, 5.74) is 0. The van der Waals surface area contributed by atoms with Gasteiger partial charge in [0.2, 0.25) is 5.91 Å². The number of thioether (sulfide) groups is 1. The number of aliphatic carboxylic acids is 1. The molecule has 1 rings (SSSR count). The van der Waals surface area contributed by atoms with E-state index in [1.807, 2.05) is 0 Å². The van der Waals surface area contributed by atoms with Crippen molar-refractivity contribution in [2.24, 2.45) is 11.8 Å². The number of terminal acetylenes is 1. The van der Waals surface area contributed by atoms with Crippen molar-refractivity contribution in [2.75, 3.05) is 18.1 Å². The molecular formula is C13H19NO3S. The molecule has 0 aromatic rings. The zero-order valence-electron chi connectivity index (χ0n) is 10.4. The predicted octanol–water partition coefficient (Wildman–Crippen LogP) is 1.36. The summed E-state index contributed by atoms with van der Waals surface area (Å²) in [5, 5.41) is 11.7. The number of rotatable bonds is 6. The second-order valence-electron chi connectivity index (χ2n) is 4.43. The van der Waals surface area contributed by atoms with E-state index in [1.54, 1.807) is 11.8 Å². The van der Waals surface area contributed by atoms with E-state index in [-0.39, 0.29) is 17.7 Å². The number of carbonyl (C=O) groups excluding carboxylic acids is 1. The van der Waals surface area contributed by atoms with Gasteiger partial charge in [0.25, 0.3) is 0 Å². The molecular weight excluding hydrogens is 250 g/mol. The van der Waals surface area contributed by atoms with E-state index in [9.17, 15) is 9.59 Å². The van der Waals surface area contributed by atoms with Crippen molar-refractivity contribution in [2.45, 2.75) is 25.7 Å². The Morgan fingerprint density at radius 3 is 2.44 bits per heavy atom. The summed E-state index contributed by atoms with van der Waals surface area (Å²) in [4.78, 5) is 22.6. The van der Waals surface area contributed by atoms with Crippen molar-refractivity contribution in [1.82, 2.24) is 5.32 Å². The lowest BCUT2D eigenvalue weighted by atomic mass is 9.81. The Morgan fingerprint density at radius 2 is 1.89 bits per heavy atom. The van der Waals surface area contributed by atoms with Gasteiger partial charge >= 0.3 is 5.97 Å². The summed E-state index contributed by atoms with van der Waals surface area (Å²) < 4.78 is 0. The number of carboxylic acid groups (broad SMARTS) is 1. The summed E-state index contributed by atoms with van der Waals surface area (Å²) in [6.07, 6.45) is 7.70. The van der Waals surface area contributed by atoms with Crippen LogP contribution in [0.3, 0.4) is 0 Å². The molecule has 100 valence electrons. The molecule has 5 heteroatoms. The molecule has 18 heavy (non-hydrogen) atoms. The van der Waals surface area contributed by atoms with Gasteiger partial charge in [0.05, 0.1) is 11.7 Å². The van der Waals surface area contributed by atoms with Crippen molar-refractivity contribution in [3.05, 3.63) is 0 Å². The highest BCUT2D eigenvalue weighted by atomic mass is 32.2. The lowest BCUT2D eigenvalue weighted by Crippen LogP contribution is -2.35. The van der Waals surface area contributed by atoms with Crippen molar-refractivity contribution >= 4 is 23.6 Å². The molecule has 1 aliphatic rings. The highest BCUT2D eigenvalue weighted by molar-refractivity contribution is 7.99. The Balaban J connectivity index is 2.16. The standard InChI is InChI=1S/C13H19NO3S/c1-2-8-18-9-7-14-12(15)10-3-5-11(6-4-10)13(16)17/h1,10-11H,3-9H2,(H,14,15)(H,16,17). The zero-order chi connectivity index (χ0) is 13.4. The van der Waals surface area contributed by atoms with E-state index < -0.39 is 5.97 Å². The Morgan fingerprint density at radius 1 is 1.28 bits per heavy atom. The third kappa shape index (κ3) is 5.01. The zero-order valence-corrected chi connectivity index (χ0v) is 11.2. The van der Waals surface area contributed by atoms with Gasteiger partial charge in [-0.25, -0.2) is 0 Å². The summed E-state index contributed by atoms with van der Waals surface area (Å²) in [6, 6.07) is 0. The van der Waals surface area contributed by atoms with Gasteiger partial charge in [-0.1, -0.05) is 5.92 Å². The second kappa shape index (κ2) is 8.04. The largest absolute Gasteiger partial charge is 0.481 e. The molecule has 0 heterocycles. The van der Waals surface area contributed by atoms with Crippen molar-refractivity contribution in [1.29, 1.82) is 0 Å². The van der Waals surface area contributed by atoms with Gasteiger partial charge in [0.1, 0.15) is 0 Å². The van der Waals surface area contributed by atoms with Gasteiger partial charge in [0.15, 0.2) is 0 Å². The van der Waals surface area contributed by atoms with Gasteiger partial charge in [-0.3, -0.25) is 9.59 Å². The molecule has 4 nitrogen and oxygen atoms in total. The monoisotopic (exact) mass is 269 g/mol. The van der Waals surface area contributed by atoms with Crippen LogP contribution in [0.25, 0.3) is 0 Å². The van der Waals surface area contributed by atoms with Gasteiger partial charge in [0, 0.05) is 18.2 Å². The molecule has 1 amide bonds. The van der Waals surface area contributed by atoms with E-state index in [1.165, 1.54) is 0 Å². The van der Waals surface area contributed by atoms with Gasteiger partial charge in [-0.05, 0) is 25.7 Å². The van der Waals surface area contributed by atoms with Crippen LogP contribution in [-0.2, 0) is 9.59 Å². The van der Waals surface area contributed by atoms with Crippen molar-refractivity contribution in [3.63, 3.8) is 0 Å². The first-order valence-electron chi connectivity index (χ1n) is 6.17. The maximum Gasteiger partial charge on any atom is 0.306 e. The number of nitrogens with one attached hydrogen (secondary N) is 1. The molecule has 0 bridgehead atoms. The third-order valence-electron chi connectivity index (χ3n) is 3.18. The molecule has 0 radical (unpaired) electrons. The fourth-order valence-electron chi connectivity index (χ4n) is 2.12. The van der Waals surface area contributed by atoms with Crippen LogP contribution in [0.2, 0.25) is 0 Å². The van der Waals surface area contributed by atoms with E-state index in [0.29, 0.717) is 38.0 Å². The van der Waals surface area contributed by atoms with Crippen molar-refractivity contribution < 1.29 is 14.7 Å². The maximum atomic E-state index is 11.8. The van der Waals surface area contributed by atoms with E-state index in [0.717, 1.165) is 5.75 Å². The first kappa shape index (κ1) is 14.9. The molecule has 0 aromatic carbocycles. The quantitative estimate of drug-likeness (QED) is 0.564. The van der Waals surface area contributed by atoms with Crippen LogP contribution in [0.1, 0.15) is 25.7 Å². The molecule has 0 spiro atoms. The SMILES string of the molecule is C#CCSCCNC(=O)C1CCC(C(=O)O)CC1. The molecule has 1 saturated carbocycles. The van der Waals surface area contributed by atoms with Crippen LogP contribution in [0.15, 0.2) is 0 Å². The van der Waals surface area contributed by atoms with Crippen LogP contribution < -0.4 is 5.32 Å². The Labute approximate surface area is 112 Å². The molecule has 0 atom stereocenters. The number of carbonyl (C=O) groups is 2. The van der Waals surface area contributed by atoms with Crippen LogP contribution in [0, 0.1) is 24.2 Å². The Bertz CT molecular complexity index is 330. The van der Waals surface area contributed by atoms with Crippen molar-refractivity contribution in [3.8, 4) is 12.3 Å². The third-order valence-corrected chi connectivity index (χ3v) is 4.04. The van der Waals surface area contributed by atoms with E-state index in [2.05, 4.69) is 11.2 Å². The smallest absolute Gasteiger partial charge is 0.306 e. The minimum atomic E-state index is -0.737. The first-order chi connectivity index (χ1) is 8.65. The molecule has 0 unspecified atom stereocenters. The van der Waals surface area contributed by atoms with Gasteiger partial charge in [-0.2, -0.15) is 0 Å². The average molecular weight is 269 g/mol. The number of amides is 1. The number of carboxylic acids is 1. The van der Waals surface area contributed by atoms with Crippen LogP contribution >= 0.6 is 11.8 Å². The minimum Gasteiger partial charge on any atom is -0.481 e. The Kier molecular flexibility index (Phi) is 6.66. The van der Waals surface area contributed by atoms with E-state index in [4.69, 9.17) is 11.5 Å². The van der Waals surface area contributed by atoms with Crippen LogP contribution in [-0.4, -0.2) is 35.0 Å². The van der Waals surface area contributed by atoms with E-state index >= 15 is 0 Å². The minimum absolute atomic E-state index is 0.0155. The fraction of sp³-hybridized carbons (Fsp3) is 0.692. The molecule has 2 N–H and O–H groups in total. The fourth-order valence-corrected chi connectivity index (χ4v) is 2.63. The second-order valence-corrected chi connectivity index (χ2v) is 5.54. The lowest BCUT2D eigenvalue weighted by Gasteiger charge is -2.25. The number of hydrogen-bond donors (Lipinski definition) is 2. The van der Waals surface area contributed by atoms with Crippen LogP contribution in [0.4, 0.5) is 0 Å². The maximum absolute atomic E-state index is 11.8. The van der Waals surface area contributed by atoms with Gasteiger partial charge in [-0.15, -0.1) is 18.2 Å². The molecule has 0 saturated heterocycles. The first-order valence-corrected chi connectivity index (χ1v) is 7.32. The molecule has 0 aliphatic heterocycles. The summed E-state index contributed by atoms with van der Waals surface area (Å²) in [7, 11) is 0. The Hall–Kier alpha value is -1.15.